The first kappa shape index (κ1) is 21.9. The van der Waals surface area contributed by atoms with Gasteiger partial charge in [0.2, 0.25) is 15.9 Å². The van der Waals surface area contributed by atoms with E-state index in [1.807, 2.05) is 42.5 Å². The fourth-order valence-electron chi connectivity index (χ4n) is 3.70. The van der Waals surface area contributed by atoms with Gasteiger partial charge in [-0.25, -0.2) is 13.8 Å². The Hall–Kier alpha value is -3.36. The molecule has 1 fully saturated rings. The van der Waals surface area contributed by atoms with Crippen molar-refractivity contribution in [3.8, 4) is 0 Å². The Morgan fingerprint density at radius 1 is 0.906 bits per heavy atom. The molecule has 0 spiro atoms. The Morgan fingerprint density at radius 3 is 2.16 bits per heavy atom. The maximum atomic E-state index is 12.8. The van der Waals surface area contributed by atoms with Gasteiger partial charge in [0.05, 0.1) is 10.6 Å². The molecule has 7 nitrogen and oxygen atoms in total. The lowest BCUT2D eigenvalue weighted by molar-refractivity contribution is -0.126. The lowest BCUT2D eigenvalue weighted by Gasteiger charge is -2.30. The van der Waals surface area contributed by atoms with Crippen LogP contribution >= 0.6 is 0 Å². The molecule has 1 aliphatic rings. The number of carbonyl (C=O) groups is 1. The molecule has 0 atom stereocenters. The molecule has 4 rings (SSSR count). The molecule has 3 aromatic rings. The van der Waals surface area contributed by atoms with Gasteiger partial charge in [-0.2, -0.15) is 9.41 Å². The van der Waals surface area contributed by atoms with Crippen LogP contribution in [-0.2, 0) is 14.8 Å². The summed E-state index contributed by atoms with van der Waals surface area (Å²) in [4.78, 5) is 17.2. The summed E-state index contributed by atoms with van der Waals surface area (Å²) in [5.41, 5.74) is 4.97. The number of hydrogen-bond donors (Lipinski definition) is 1. The molecule has 164 valence electrons. The number of amides is 1. The van der Waals surface area contributed by atoms with E-state index in [1.165, 1.54) is 4.31 Å². The molecule has 1 aromatic heterocycles. The first-order valence-corrected chi connectivity index (χ1v) is 11.9. The van der Waals surface area contributed by atoms with Crippen LogP contribution in [0.2, 0.25) is 0 Å². The van der Waals surface area contributed by atoms with Crippen LogP contribution in [0.15, 0.2) is 95.2 Å². The minimum atomic E-state index is -3.54. The van der Waals surface area contributed by atoms with Crippen LogP contribution in [0.5, 0.6) is 0 Å². The van der Waals surface area contributed by atoms with Crippen molar-refractivity contribution in [3.63, 3.8) is 0 Å². The van der Waals surface area contributed by atoms with E-state index >= 15 is 0 Å². The number of nitrogens with one attached hydrogen (secondary N) is 1. The van der Waals surface area contributed by atoms with Crippen molar-refractivity contribution in [1.82, 2.24) is 14.7 Å². The summed E-state index contributed by atoms with van der Waals surface area (Å²) in [6.45, 7) is 0.598. The van der Waals surface area contributed by atoms with E-state index in [0.29, 0.717) is 31.6 Å². The van der Waals surface area contributed by atoms with Gasteiger partial charge in [0.15, 0.2) is 0 Å². The highest BCUT2D eigenvalue weighted by atomic mass is 32.2. The number of sulfonamides is 1. The number of benzene rings is 2. The molecular formula is C24H24N4O3S. The summed E-state index contributed by atoms with van der Waals surface area (Å²) in [7, 11) is -3.54. The third kappa shape index (κ3) is 4.92. The molecule has 8 heteroatoms. The smallest absolute Gasteiger partial charge is 0.243 e. The molecule has 0 bridgehead atoms. The Morgan fingerprint density at radius 2 is 1.53 bits per heavy atom. The Kier molecular flexibility index (Phi) is 6.72. The summed E-state index contributed by atoms with van der Waals surface area (Å²) >= 11 is 0. The number of carbonyl (C=O) groups excluding carboxylic acids is 1. The quantitative estimate of drug-likeness (QED) is 0.463. The van der Waals surface area contributed by atoms with E-state index in [4.69, 9.17) is 0 Å². The molecule has 1 amide bonds. The molecule has 1 aliphatic heterocycles. The zero-order chi connectivity index (χ0) is 22.4. The Bertz CT molecular complexity index is 1130. The SMILES string of the molecule is O=C(NN=C(c1ccccc1)c1cccnc1)C1CCN(S(=O)(=O)c2ccccc2)CC1. The molecule has 0 radical (unpaired) electrons. The molecule has 0 unspecified atom stereocenters. The third-order valence-electron chi connectivity index (χ3n) is 5.47. The summed E-state index contributed by atoms with van der Waals surface area (Å²) in [5.74, 6) is -0.508. The van der Waals surface area contributed by atoms with Crippen molar-refractivity contribution in [1.29, 1.82) is 0 Å². The van der Waals surface area contributed by atoms with Crippen molar-refractivity contribution < 1.29 is 13.2 Å². The first-order chi connectivity index (χ1) is 15.6. The monoisotopic (exact) mass is 448 g/mol. The molecule has 0 saturated carbocycles. The lowest BCUT2D eigenvalue weighted by atomic mass is 9.97. The van der Waals surface area contributed by atoms with Crippen LogP contribution < -0.4 is 5.43 Å². The van der Waals surface area contributed by atoms with Gasteiger partial charge < -0.3 is 0 Å². The maximum Gasteiger partial charge on any atom is 0.243 e. The van der Waals surface area contributed by atoms with Gasteiger partial charge in [-0.15, -0.1) is 0 Å². The zero-order valence-electron chi connectivity index (χ0n) is 17.5. The standard InChI is InChI=1S/C24H24N4O3S/c29-24(20-13-16-28(17-14-20)32(30,31)22-11-5-2-6-12-22)27-26-23(19-8-3-1-4-9-19)21-10-7-15-25-18-21/h1-12,15,18,20H,13-14,16-17H2,(H,27,29). The van der Waals surface area contributed by atoms with E-state index in [2.05, 4.69) is 15.5 Å². The van der Waals surface area contributed by atoms with Crippen molar-refractivity contribution in [2.24, 2.45) is 11.0 Å². The van der Waals surface area contributed by atoms with Crippen LogP contribution in [0, 0.1) is 5.92 Å². The largest absolute Gasteiger partial charge is 0.273 e. The lowest BCUT2D eigenvalue weighted by Crippen LogP contribution is -2.42. The molecule has 1 N–H and O–H groups in total. The van der Waals surface area contributed by atoms with Crippen molar-refractivity contribution >= 4 is 21.6 Å². The Balaban J connectivity index is 1.43. The van der Waals surface area contributed by atoms with E-state index < -0.39 is 10.0 Å². The summed E-state index contributed by atoms with van der Waals surface area (Å²) in [6, 6.07) is 21.7. The number of nitrogens with zero attached hydrogens (tertiary/aromatic N) is 3. The third-order valence-corrected chi connectivity index (χ3v) is 7.38. The van der Waals surface area contributed by atoms with E-state index in [1.54, 1.807) is 42.7 Å². The summed E-state index contributed by atoms with van der Waals surface area (Å²) in [6.07, 6.45) is 4.27. The molecule has 2 heterocycles. The second kappa shape index (κ2) is 9.84. The van der Waals surface area contributed by atoms with E-state index in [-0.39, 0.29) is 16.7 Å². The van der Waals surface area contributed by atoms with Crippen molar-refractivity contribution in [2.45, 2.75) is 17.7 Å². The van der Waals surface area contributed by atoms with Gasteiger partial charge in [0.25, 0.3) is 0 Å². The number of piperidine rings is 1. The van der Waals surface area contributed by atoms with Crippen molar-refractivity contribution in [2.75, 3.05) is 13.1 Å². The number of hydrogen-bond acceptors (Lipinski definition) is 5. The van der Waals surface area contributed by atoms with E-state index in [0.717, 1.165) is 11.1 Å². The van der Waals surface area contributed by atoms with Crippen LogP contribution in [0.1, 0.15) is 24.0 Å². The van der Waals surface area contributed by atoms with Gasteiger partial charge in [0.1, 0.15) is 0 Å². The minimum Gasteiger partial charge on any atom is -0.273 e. The second-order valence-corrected chi connectivity index (χ2v) is 9.47. The highest BCUT2D eigenvalue weighted by Crippen LogP contribution is 2.24. The number of aromatic nitrogens is 1. The molecule has 1 saturated heterocycles. The number of hydrazone groups is 1. The van der Waals surface area contributed by atoms with Gasteiger partial charge in [-0.3, -0.25) is 9.78 Å². The topological polar surface area (TPSA) is 91.7 Å². The predicted molar refractivity (Wildman–Crippen MR) is 122 cm³/mol. The van der Waals surface area contributed by atoms with Crippen LogP contribution in [0.4, 0.5) is 0 Å². The van der Waals surface area contributed by atoms with Crippen molar-refractivity contribution in [3.05, 3.63) is 96.3 Å². The van der Waals surface area contributed by atoms with Gasteiger partial charge in [0, 0.05) is 42.5 Å². The average Bonchev–Trinajstić information content (AvgIpc) is 2.86. The van der Waals surface area contributed by atoms with Crippen LogP contribution in [-0.4, -0.2) is 42.4 Å². The predicted octanol–water partition coefficient (Wildman–Crippen LogP) is 3.05. The molecular weight excluding hydrogens is 424 g/mol. The highest BCUT2D eigenvalue weighted by molar-refractivity contribution is 7.89. The van der Waals surface area contributed by atoms with Gasteiger partial charge in [-0.05, 0) is 37.1 Å². The normalized spacial score (nSPS) is 15.9. The summed E-state index contributed by atoms with van der Waals surface area (Å²) in [5, 5.41) is 4.40. The molecule has 32 heavy (non-hydrogen) atoms. The first-order valence-electron chi connectivity index (χ1n) is 10.4. The summed E-state index contributed by atoms with van der Waals surface area (Å²) < 4.78 is 27.0. The van der Waals surface area contributed by atoms with Gasteiger partial charge in [-0.1, -0.05) is 48.5 Å². The zero-order valence-corrected chi connectivity index (χ0v) is 18.3. The number of rotatable bonds is 6. The highest BCUT2D eigenvalue weighted by Gasteiger charge is 2.32. The fraction of sp³-hybridized carbons (Fsp3) is 0.208. The van der Waals surface area contributed by atoms with Crippen LogP contribution in [0.3, 0.4) is 0 Å². The maximum absolute atomic E-state index is 12.8. The molecule has 2 aromatic carbocycles. The minimum absolute atomic E-state index is 0.209. The van der Waals surface area contributed by atoms with Crippen LogP contribution in [0.25, 0.3) is 0 Å². The molecule has 0 aliphatic carbocycles. The number of pyridine rings is 1. The Labute approximate surface area is 187 Å². The van der Waals surface area contributed by atoms with E-state index in [9.17, 15) is 13.2 Å². The van der Waals surface area contributed by atoms with Gasteiger partial charge >= 0.3 is 0 Å². The average molecular weight is 449 g/mol. The fourth-order valence-corrected chi connectivity index (χ4v) is 5.19. The second-order valence-electron chi connectivity index (χ2n) is 7.54.